The van der Waals surface area contributed by atoms with Crippen LogP contribution in [0.4, 0.5) is 0 Å². The van der Waals surface area contributed by atoms with Gasteiger partial charge in [0.05, 0.1) is 12.1 Å². The minimum atomic E-state index is -1.11. The number of carboxylic acids is 1. The minimum Gasteiger partial charge on any atom is -0.480 e. The van der Waals surface area contributed by atoms with Crippen molar-refractivity contribution in [3.05, 3.63) is 0 Å². The van der Waals surface area contributed by atoms with Crippen molar-refractivity contribution in [1.82, 2.24) is 10.6 Å². The molecule has 0 aliphatic rings. The maximum atomic E-state index is 11.6. The molecule has 6 heteroatoms. The number of likely N-dealkylation sites (N-methyl/N-ethyl adjacent to an activating group) is 1. The van der Waals surface area contributed by atoms with Crippen molar-refractivity contribution >= 4 is 11.9 Å². The van der Waals surface area contributed by atoms with Gasteiger partial charge in [-0.3, -0.25) is 4.79 Å². The van der Waals surface area contributed by atoms with Crippen LogP contribution in [-0.4, -0.2) is 49.3 Å². The lowest BCUT2D eigenvalue weighted by Gasteiger charge is -2.25. The maximum absolute atomic E-state index is 11.6. The number of rotatable bonds is 6. The summed E-state index contributed by atoms with van der Waals surface area (Å²) in [7, 11) is 3.01. The number of hydrogen-bond acceptors (Lipinski definition) is 4. The van der Waals surface area contributed by atoms with E-state index in [1.54, 1.807) is 20.9 Å². The van der Waals surface area contributed by atoms with Crippen molar-refractivity contribution in [3.63, 3.8) is 0 Å². The number of carbonyl (C=O) groups excluding carboxylic acids is 1. The lowest BCUT2D eigenvalue weighted by Crippen LogP contribution is -2.56. The zero-order valence-corrected chi connectivity index (χ0v) is 9.46. The van der Waals surface area contributed by atoms with E-state index in [0.717, 1.165) is 0 Å². The lowest BCUT2D eigenvalue weighted by atomic mass is 10.0. The summed E-state index contributed by atoms with van der Waals surface area (Å²) in [5.74, 6) is -1.49. The quantitative estimate of drug-likeness (QED) is 0.543. The van der Waals surface area contributed by atoms with Crippen LogP contribution < -0.4 is 10.6 Å². The molecule has 15 heavy (non-hydrogen) atoms. The van der Waals surface area contributed by atoms with Crippen molar-refractivity contribution in [2.24, 2.45) is 0 Å². The number of aliphatic carboxylic acids is 1. The van der Waals surface area contributed by atoms with E-state index in [-0.39, 0.29) is 12.5 Å². The van der Waals surface area contributed by atoms with Crippen molar-refractivity contribution in [3.8, 4) is 0 Å². The van der Waals surface area contributed by atoms with Gasteiger partial charge in [-0.05, 0) is 20.9 Å². The number of methoxy groups -OCH3 is 1. The van der Waals surface area contributed by atoms with Gasteiger partial charge in [0.15, 0.2) is 6.04 Å². The Kier molecular flexibility index (Phi) is 5.24. The van der Waals surface area contributed by atoms with Crippen molar-refractivity contribution in [1.29, 1.82) is 0 Å². The Labute approximate surface area is 89.0 Å². The molecule has 0 bridgehead atoms. The SMILES string of the molecule is CNC(C)(C)C(=O)NC(COC)C(=O)O. The average molecular weight is 218 g/mol. The Bertz CT molecular complexity index is 240. The van der Waals surface area contributed by atoms with Gasteiger partial charge >= 0.3 is 5.97 Å². The molecule has 0 aliphatic carbocycles. The van der Waals surface area contributed by atoms with E-state index in [4.69, 9.17) is 9.84 Å². The third-order valence-corrected chi connectivity index (χ3v) is 2.13. The molecule has 1 unspecified atom stereocenters. The Morgan fingerprint density at radius 3 is 2.33 bits per heavy atom. The molecule has 0 heterocycles. The average Bonchev–Trinajstić information content (AvgIpc) is 2.16. The summed E-state index contributed by atoms with van der Waals surface area (Å²) in [4.78, 5) is 22.3. The van der Waals surface area contributed by atoms with Gasteiger partial charge in [0.25, 0.3) is 0 Å². The molecular formula is C9H18N2O4. The normalized spacial score (nSPS) is 13.3. The largest absolute Gasteiger partial charge is 0.480 e. The topological polar surface area (TPSA) is 87.7 Å². The van der Waals surface area contributed by atoms with Crippen LogP contribution in [0.25, 0.3) is 0 Å². The number of ether oxygens (including phenoxy) is 1. The molecule has 0 saturated carbocycles. The molecule has 0 spiro atoms. The molecule has 0 aromatic rings. The first kappa shape index (κ1) is 13.9. The fraction of sp³-hybridized carbons (Fsp3) is 0.778. The molecule has 6 nitrogen and oxygen atoms in total. The van der Waals surface area contributed by atoms with Gasteiger partial charge in [-0.25, -0.2) is 4.79 Å². The highest BCUT2D eigenvalue weighted by molar-refractivity contribution is 5.89. The van der Waals surface area contributed by atoms with Crippen LogP contribution in [0.5, 0.6) is 0 Å². The molecule has 88 valence electrons. The summed E-state index contributed by atoms with van der Waals surface area (Å²) >= 11 is 0. The number of carboxylic acid groups (broad SMARTS) is 1. The molecule has 0 rings (SSSR count). The smallest absolute Gasteiger partial charge is 0.328 e. The van der Waals surface area contributed by atoms with Crippen LogP contribution in [0.2, 0.25) is 0 Å². The van der Waals surface area contributed by atoms with Gasteiger partial charge in [0.1, 0.15) is 0 Å². The number of carbonyl (C=O) groups is 2. The van der Waals surface area contributed by atoms with E-state index in [9.17, 15) is 9.59 Å². The predicted molar refractivity (Wildman–Crippen MR) is 54.6 cm³/mol. The number of nitrogens with one attached hydrogen (secondary N) is 2. The summed E-state index contributed by atoms with van der Waals surface area (Å²) in [6.07, 6.45) is 0. The van der Waals surface area contributed by atoms with E-state index in [0.29, 0.717) is 0 Å². The predicted octanol–water partition coefficient (Wildman–Crippen LogP) is -0.800. The summed E-state index contributed by atoms with van der Waals surface area (Å²) in [6, 6.07) is -1.02. The van der Waals surface area contributed by atoms with Crippen molar-refractivity contribution in [2.75, 3.05) is 20.8 Å². The number of hydrogen-bond donors (Lipinski definition) is 3. The highest BCUT2D eigenvalue weighted by Gasteiger charge is 2.29. The molecule has 1 atom stereocenters. The molecule has 0 aromatic carbocycles. The standard InChI is InChI=1S/C9H18N2O4/c1-9(2,10-3)8(14)11-6(5-15-4)7(12)13/h6,10H,5H2,1-4H3,(H,11,14)(H,12,13). The van der Waals surface area contributed by atoms with Gasteiger partial charge in [-0.2, -0.15) is 0 Å². The van der Waals surface area contributed by atoms with Crippen LogP contribution in [-0.2, 0) is 14.3 Å². The zero-order chi connectivity index (χ0) is 12.1. The van der Waals surface area contributed by atoms with Gasteiger partial charge in [-0.1, -0.05) is 0 Å². The first-order valence-corrected chi connectivity index (χ1v) is 4.56. The summed E-state index contributed by atoms with van der Waals surface area (Å²) < 4.78 is 4.70. The van der Waals surface area contributed by atoms with Crippen molar-refractivity contribution < 1.29 is 19.4 Å². The van der Waals surface area contributed by atoms with Gasteiger partial charge in [0, 0.05) is 7.11 Å². The molecular weight excluding hydrogens is 200 g/mol. The summed E-state index contributed by atoms with van der Waals surface area (Å²) in [5.41, 5.74) is -0.804. The molecule has 3 N–H and O–H groups in total. The van der Waals surface area contributed by atoms with Crippen LogP contribution >= 0.6 is 0 Å². The molecule has 0 aliphatic heterocycles. The molecule has 0 radical (unpaired) electrons. The van der Waals surface area contributed by atoms with Crippen LogP contribution in [0, 0.1) is 0 Å². The third-order valence-electron chi connectivity index (χ3n) is 2.13. The first-order valence-electron chi connectivity index (χ1n) is 4.56. The van der Waals surface area contributed by atoms with Crippen LogP contribution in [0.3, 0.4) is 0 Å². The fourth-order valence-corrected chi connectivity index (χ4v) is 0.794. The minimum absolute atomic E-state index is 0.0547. The van der Waals surface area contributed by atoms with E-state index in [1.165, 1.54) is 7.11 Å². The fourth-order valence-electron chi connectivity index (χ4n) is 0.794. The van der Waals surface area contributed by atoms with E-state index < -0.39 is 17.6 Å². The molecule has 0 saturated heterocycles. The Morgan fingerprint density at radius 1 is 1.47 bits per heavy atom. The molecule has 1 amide bonds. The van der Waals surface area contributed by atoms with E-state index in [1.807, 2.05) is 0 Å². The van der Waals surface area contributed by atoms with Gasteiger partial charge in [0.2, 0.25) is 5.91 Å². The Hall–Kier alpha value is -1.14. The lowest BCUT2D eigenvalue weighted by molar-refractivity contribution is -0.144. The highest BCUT2D eigenvalue weighted by Crippen LogP contribution is 2.01. The van der Waals surface area contributed by atoms with E-state index >= 15 is 0 Å². The second-order valence-electron chi connectivity index (χ2n) is 3.69. The van der Waals surface area contributed by atoms with Gasteiger partial charge < -0.3 is 20.5 Å². The molecule has 0 fully saturated rings. The monoisotopic (exact) mass is 218 g/mol. The Balaban J connectivity index is 4.41. The zero-order valence-electron chi connectivity index (χ0n) is 9.46. The van der Waals surface area contributed by atoms with Crippen LogP contribution in [0.15, 0.2) is 0 Å². The summed E-state index contributed by atoms with van der Waals surface area (Å²) in [5, 5.41) is 13.9. The molecule has 0 aromatic heterocycles. The van der Waals surface area contributed by atoms with Crippen molar-refractivity contribution in [2.45, 2.75) is 25.4 Å². The Morgan fingerprint density at radius 2 is 2.00 bits per heavy atom. The third kappa shape index (κ3) is 4.26. The highest BCUT2D eigenvalue weighted by atomic mass is 16.5. The number of amides is 1. The van der Waals surface area contributed by atoms with E-state index in [2.05, 4.69) is 10.6 Å². The maximum Gasteiger partial charge on any atom is 0.328 e. The second kappa shape index (κ2) is 5.67. The first-order chi connectivity index (χ1) is 6.85. The van der Waals surface area contributed by atoms with Crippen LogP contribution in [0.1, 0.15) is 13.8 Å². The second-order valence-corrected chi connectivity index (χ2v) is 3.69. The van der Waals surface area contributed by atoms with Gasteiger partial charge in [-0.15, -0.1) is 0 Å². The summed E-state index contributed by atoms with van der Waals surface area (Å²) in [6.45, 7) is 3.27.